The fourth-order valence-electron chi connectivity index (χ4n) is 2.23. The smallest absolute Gasteiger partial charge is 0.295 e. The van der Waals surface area contributed by atoms with Gasteiger partial charge in [-0.1, -0.05) is 52.9 Å². The van der Waals surface area contributed by atoms with Crippen molar-refractivity contribution in [2.24, 2.45) is 0 Å². The van der Waals surface area contributed by atoms with Gasteiger partial charge in [0, 0.05) is 18.3 Å². The van der Waals surface area contributed by atoms with Crippen LogP contribution < -0.4 is 10.6 Å². The Morgan fingerprint density at radius 1 is 1.04 bits per heavy atom. The number of anilines is 2. The van der Waals surface area contributed by atoms with E-state index in [4.69, 9.17) is 0 Å². The largest absolute Gasteiger partial charge is 0.326 e. The molecule has 2 aromatic rings. The lowest BCUT2D eigenvalue weighted by atomic mass is 10.1. The van der Waals surface area contributed by atoms with Gasteiger partial charge in [0.15, 0.2) is 0 Å². The van der Waals surface area contributed by atoms with E-state index in [1.165, 1.54) is 19.1 Å². The summed E-state index contributed by atoms with van der Waals surface area (Å²) in [6.45, 7) is 1.41. The molecule has 0 saturated carbocycles. The zero-order chi connectivity index (χ0) is 20.0. The van der Waals surface area contributed by atoms with Crippen LogP contribution >= 0.6 is 22.6 Å². The minimum atomic E-state index is -4.47. The number of benzene rings is 2. The van der Waals surface area contributed by atoms with Gasteiger partial charge in [-0.2, -0.15) is 8.42 Å². The Morgan fingerprint density at radius 3 is 2.22 bits per heavy atom. The number of rotatable bonds is 6. The Morgan fingerprint density at radius 2 is 1.67 bits per heavy atom. The van der Waals surface area contributed by atoms with Crippen molar-refractivity contribution in [2.75, 3.05) is 15.1 Å². The lowest BCUT2D eigenvalue weighted by Gasteiger charge is -2.08. The van der Waals surface area contributed by atoms with Crippen molar-refractivity contribution in [1.29, 1.82) is 0 Å². The molecule has 0 saturated heterocycles. The molecule has 9 heteroatoms. The van der Waals surface area contributed by atoms with Gasteiger partial charge in [-0.05, 0) is 35.4 Å². The molecule has 0 aromatic heterocycles. The molecule has 142 valence electrons. The van der Waals surface area contributed by atoms with Crippen LogP contribution in [0, 0.1) is 0 Å². The summed E-state index contributed by atoms with van der Waals surface area (Å²) in [5.74, 6) is -0.453. The highest BCUT2D eigenvalue weighted by Gasteiger charge is 2.15. The maximum absolute atomic E-state index is 11.7. The predicted molar refractivity (Wildman–Crippen MR) is 113 cm³/mol. The Balaban J connectivity index is 2.30. The molecule has 0 unspecified atom stereocenters. The van der Waals surface area contributed by atoms with Crippen LogP contribution in [0.5, 0.6) is 0 Å². The monoisotopic (exact) mass is 500 g/mol. The molecule has 0 aliphatic rings. The fraction of sp³-hybridized carbons (Fsp3) is 0.111. The van der Waals surface area contributed by atoms with Crippen molar-refractivity contribution in [1.82, 2.24) is 0 Å². The summed E-state index contributed by atoms with van der Waals surface area (Å²) in [5, 5.41) is 5.20. The third-order valence-corrected chi connectivity index (χ3v) is 4.99. The van der Waals surface area contributed by atoms with Crippen molar-refractivity contribution in [2.45, 2.75) is 11.8 Å². The van der Waals surface area contributed by atoms with E-state index >= 15 is 0 Å². The van der Waals surface area contributed by atoms with Crippen molar-refractivity contribution >= 4 is 68.1 Å². The van der Waals surface area contributed by atoms with E-state index in [1.54, 1.807) is 42.5 Å². The van der Waals surface area contributed by atoms with Crippen LogP contribution in [0.1, 0.15) is 18.1 Å². The lowest BCUT2D eigenvalue weighted by molar-refractivity contribution is -0.114. The number of hydrogen-bond donors (Lipinski definition) is 3. The molecule has 2 rings (SSSR count). The van der Waals surface area contributed by atoms with Gasteiger partial charge in [-0.15, -0.1) is 0 Å². The first-order valence-electron chi connectivity index (χ1n) is 7.72. The fourth-order valence-corrected chi connectivity index (χ4v) is 3.13. The lowest BCUT2D eigenvalue weighted by Crippen LogP contribution is -2.13. The van der Waals surface area contributed by atoms with Crippen LogP contribution in [0.4, 0.5) is 11.4 Å². The molecule has 0 atom stereocenters. The molecule has 0 aliphatic heterocycles. The van der Waals surface area contributed by atoms with Crippen LogP contribution in [0.15, 0.2) is 47.4 Å². The van der Waals surface area contributed by atoms with E-state index in [1.807, 2.05) is 22.6 Å². The van der Waals surface area contributed by atoms with E-state index in [9.17, 15) is 22.6 Å². The van der Waals surface area contributed by atoms with Crippen LogP contribution in [0.25, 0.3) is 12.2 Å². The van der Waals surface area contributed by atoms with Gasteiger partial charge in [0.2, 0.25) is 11.8 Å². The van der Waals surface area contributed by atoms with Crippen LogP contribution in [0.2, 0.25) is 0 Å². The molecule has 7 nitrogen and oxygen atoms in total. The average Bonchev–Trinajstić information content (AvgIpc) is 2.60. The number of hydrogen-bond acceptors (Lipinski definition) is 4. The van der Waals surface area contributed by atoms with Crippen LogP contribution in [-0.2, 0) is 19.7 Å². The third-order valence-electron chi connectivity index (χ3n) is 3.38. The molecule has 0 radical (unpaired) electrons. The number of halogens is 1. The summed E-state index contributed by atoms with van der Waals surface area (Å²) >= 11 is 1.89. The zero-order valence-corrected chi connectivity index (χ0v) is 17.2. The van der Waals surface area contributed by atoms with Crippen molar-refractivity contribution < 1.29 is 22.6 Å². The maximum Gasteiger partial charge on any atom is 0.295 e. The number of carbonyl (C=O) groups excluding carboxylic acids is 2. The summed E-state index contributed by atoms with van der Waals surface area (Å²) in [5.41, 5.74) is 1.97. The number of amides is 2. The second-order valence-electron chi connectivity index (χ2n) is 5.55. The molecule has 27 heavy (non-hydrogen) atoms. The van der Waals surface area contributed by atoms with Crippen molar-refractivity contribution in [3.05, 3.63) is 53.6 Å². The first-order valence-corrected chi connectivity index (χ1v) is 10.7. The van der Waals surface area contributed by atoms with Crippen LogP contribution in [0.3, 0.4) is 0 Å². The highest BCUT2D eigenvalue weighted by atomic mass is 127. The summed E-state index contributed by atoms with van der Waals surface area (Å²) < 4.78 is 33.1. The van der Waals surface area contributed by atoms with E-state index in [2.05, 4.69) is 10.6 Å². The van der Waals surface area contributed by atoms with Gasteiger partial charge in [0.25, 0.3) is 10.1 Å². The topological polar surface area (TPSA) is 113 Å². The second-order valence-corrected chi connectivity index (χ2v) is 7.70. The van der Waals surface area contributed by atoms with Gasteiger partial charge in [-0.3, -0.25) is 14.1 Å². The van der Waals surface area contributed by atoms with E-state index < -0.39 is 10.1 Å². The Labute approximate surface area is 170 Å². The van der Waals surface area contributed by atoms with Gasteiger partial charge < -0.3 is 10.6 Å². The predicted octanol–water partition coefficient (Wildman–Crippen LogP) is 3.44. The standard InChI is InChI=1S/C18H17IN2O5S/c1-12(22)20-15-7-3-13(4-8-15)2-5-14-6-9-16(21-18(23)11-19)10-17(14)27(24,25)26/h2-10H,11H2,1H3,(H,20,22)(H,21,23)(H,24,25,26)/b5-2+. The molecule has 3 N–H and O–H groups in total. The Bertz CT molecular complexity index is 985. The average molecular weight is 500 g/mol. The molecule has 0 aliphatic carbocycles. The van der Waals surface area contributed by atoms with E-state index in [0.717, 1.165) is 5.56 Å². The highest BCUT2D eigenvalue weighted by Crippen LogP contribution is 2.23. The molecule has 0 heterocycles. The second kappa shape index (κ2) is 9.11. The van der Waals surface area contributed by atoms with E-state index in [0.29, 0.717) is 5.69 Å². The van der Waals surface area contributed by atoms with Crippen LogP contribution in [-0.4, -0.2) is 29.2 Å². The van der Waals surface area contributed by atoms with Gasteiger partial charge >= 0.3 is 0 Å². The molecule has 0 spiro atoms. The number of nitrogens with one attached hydrogen (secondary N) is 2. The minimum absolute atomic E-state index is 0.175. The zero-order valence-electron chi connectivity index (χ0n) is 14.3. The number of alkyl halides is 1. The van der Waals surface area contributed by atoms with Crippen molar-refractivity contribution in [3.8, 4) is 0 Å². The summed E-state index contributed by atoms with van der Waals surface area (Å²) in [6, 6.07) is 11.2. The Kier molecular flexibility index (Phi) is 7.11. The maximum atomic E-state index is 11.7. The van der Waals surface area contributed by atoms with Crippen molar-refractivity contribution in [3.63, 3.8) is 0 Å². The van der Waals surface area contributed by atoms with Gasteiger partial charge in [0.05, 0.1) is 4.43 Å². The molecular weight excluding hydrogens is 483 g/mol. The molecule has 0 fully saturated rings. The summed E-state index contributed by atoms with van der Waals surface area (Å²) in [4.78, 5) is 22.2. The Hall–Kier alpha value is -2.24. The number of carbonyl (C=O) groups is 2. The SMILES string of the molecule is CC(=O)Nc1ccc(/C=C/c2ccc(NC(=O)CI)cc2S(=O)(=O)O)cc1. The molecule has 0 bridgehead atoms. The normalized spacial score (nSPS) is 11.4. The molecular formula is C18H17IN2O5S. The quantitative estimate of drug-likeness (QED) is 0.244. The third kappa shape index (κ3) is 6.45. The summed E-state index contributed by atoms with van der Waals surface area (Å²) in [6.07, 6.45) is 3.21. The highest BCUT2D eigenvalue weighted by molar-refractivity contribution is 14.1. The first kappa shape index (κ1) is 21.1. The first-order chi connectivity index (χ1) is 12.7. The van der Waals surface area contributed by atoms with Gasteiger partial charge in [-0.25, -0.2) is 0 Å². The molecule has 2 aromatic carbocycles. The molecule has 2 amide bonds. The van der Waals surface area contributed by atoms with E-state index in [-0.39, 0.29) is 32.4 Å². The summed E-state index contributed by atoms with van der Waals surface area (Å²) in [7, 11) is -4.47. The minimum Gasteiger partial charge on any atom is -0.326 e. The van der Waals surface area contributed by atoms with Gasteiger partial charge in [0.1, 0.15) is 4.90 Å².